The summed E-state index contributed by atoms with van der Waals surface area (Å²) in [6.45, 7) is 2.88. The summed E-state index contributed by atoms with van der Waals surface area (Å²) in [5.41, 5.74) is 0.951. The summed E-state index contributed by atoms with van der Waals surface area (Å²) in [6.07, 6.45) is 7.87. The Labute approximate surface area is 100 Å². The summed E-state index contributed by atoms with van der Waals surface area (Å²) in [6, 6.07) is 3.76. The third-order valence-corrected chi connectivity index (χ3v) is 2.62. The summed E-state index contributed by atoms with van der Waals surface area (Å²) >= 11 is 0. The Hall–Kier alpha value is -1.97. The van der Waals surface area contributed by atoms with Crippen molar-refractivity contribution in [3.8, 4) is 0 Å². The number of aryl methyl sites for hydroxylation is 1. The van der Waals surface area contributed by atoms with Crippen LogP contribution in [0.5, 0.6) is 0 Å². The number of pyridine rings is 1. The fraction of sp³-hybridized carbons (Fsp3) is 0.308. The predicted octanol–water partition coefficient (Wildman–Crippen LogP) is 1.65. The van der Waals surface area contributed by atoms with Crippen molar-refractivity contribution in [1.82, 2.24) is 14.5 Å². The van der Waals surface area contributed by atoms with Gasteiger partial charge in [0.25, 0.3) is 0 Å². The third kappa shape index (κ3) is 3.00. The zero-order valence-electron chi connectivity index (χ0n) is 9.84. The molecular weight excluding hydrogens is 214 g/mol. The van der Waals surface area contributed by atoms with Gasteiger partial charge in [0.15, 0.2) is 0 Å². The molecule has 17 heavy (non-hydrogen) atoms. The summed E-state index contributed by atoms with van der Waals surface area (Å²) in [5, 5.41) is 0. The van der Waals surface area contributed by atoms with E-state index in [-0.39, 0.29) is 5.78 Å². The SMILES string of the molecule is CCn1ccnc1CC(=O)Cc1cccnc1. The largest absolute Gasteiger partial charge is 0.335 e. The normalized spacial score (nSPS) is 10.4. The Bertz CT molecular complexity index is 490. The number of rotatable bonds is 5. The van der Waals surface area contributed by atoms with Crippen molar-refractivity contribution in [3.63, 3.8) is 0 Å². The van der Waals surface area contributed by atoms with Crippen LogP contribution in [0.3, 0.4) is 0 Å². The lowest BCUT2D eigenvalue weighted by atomic mass is 10.1. The van der Waals surface area contributed by atoms with Gasteiger partial charge in [-0.1, -0.05) is 6.07 Å². The summed E-state index contributed by atoms with van der Waals surface area (Å²) in [4.78, 5) is 20.1. The van der Waals surface area contributed by atoms with Crippen molar-refractivity contribution < 1.29 is 4.79 Å². The average Bonchev–Trinajstić information content (AvgIpc) is 2.77. The second kappa shape index (κ2) is 5.39. The topological polar surface area (TPSA) is 47.8 Å². The molecule has 0 aromatic carbocycles. The van der Waals surface area contributed by atoms with Crippen LogP contribution in [0.4, 0.5) is 0 Å². The zero-order chi connectivity index (χ0) is 12.1. The van der Waals surface area contributed by atoms with Crippen LogP contribution >= 0.6 is 0 Å². The molecule has 0 saturated heterocycles. The van der Waals surface area contributed by atoms with Crippen LogP contribution in [0.1, 0.15) is 18.3 Å². The Morgan fingerprint density at radius 3 is 2.94 bits per heavy atom. The van der Waals surface area contributed by atoms with Crippen molar-refractivity contribution in [2.75, 3.05) is 0 Å². The van der Waals surface area contributed by atoms with Gasteiger partial charge in [0.1, 0.15) is 11.6 Å². The van der Waals surface area contributed by atoms with Gasteiger partial charge in [-0.15, -0.1) is 0 Å². The molecule has 0 amide bonds. The van der Waals surface area contributed by atoms with E-state index >= 15 is 0 Å². The molecule has 0 saturated carbocycles. The van der Waals surface area contributed by atoms with Crippen LogP contribution in [0.25, 0.3) is 0 Å². The Morgan fingerprint density at radius 2 is 2.24 bits per heavy atom. The number of imidazole rings is 1. The molecule has 4 nitrogen and oxygen atoms in total. The van der Waals surface area contributed by atoms with Crippen LogP contribution in [-0.4, -0.2) is 20.3 Å². The van der Waals surface area contributed by atoms with E-state index < -0.39 is 0 Å². The minimum absolute atomic E-state index is 0.166. The van der Waals surface area contributed by atoms with Gasteiger partial charge < -0.3 is 4.57 Å². The van der Waals surface area contributed by atoms with Crippen molar-refractivity contribution in [2.24, 2.45) is 0 Å². The Morgan fingerprint density at radius 1 is 1.35 bits per heavy atom. The monoisotopic (exact) mass is 229 g/mol. The maximum Gasteiger partial charge on any atom is 0.144 e. The molecular formula is C13H15N3O. The Kier molecular flexibility index (Phi) is 3.65. The summed E-state index contributed by atoms with van der Waals surface area (Å²) in [7, 11) is 0. The highest BCUT2D eigenvalue weighted by Crippen LogP contribution is 2.03. The van der Waals surface area contributed by atoms with Gasteiger partial charge in [-0.05, 0) is 18.6 Å². The maximum absolute atomic E-state index is 11.9. The van der Waals surface area contributed by atoms with Gasteiger partial charge in [-0.2, -0.15) is 0 Å². The van der Waals surface area contributed by atoms with Crippen LogP contribution in [0.15, 0.2) is 36.9 Å². The molecule has 0 aliphatic carbocycles. The zero-order valence-corrected chi connectivity index (χ0v) is 9.84. The molecule has 2 aromatic heterocycles. The van der Waals surface area contributed by atoms with E-state index in [2.05, 4.69) is 9.97 Å². The number of hydrogen-bond donors (Lipinski definition) is 0. The molecule has 0 unspecified atom stereocenters. The van der Waals surface area contributed by atoms with Crippen LogP contribution in [-0.2, 0) is 24.2 Å². The number of ketones is 1. The minimum Gasteiger partial charge on any atom is -0.335 e. The van der Waals surface area contributed by atoms with E-state index in [4.69, 9.17) is 0 Å². The maximum atomic E-state index is 11.9. The number of Topliss-reactive ketones (excluding diaryl/α,β-unsaturated/α-hetero) is 1. The first-order chi connectivity index (χ1) is 8.29. The predicted molar refractivity (Wildman–Crippen MR) is 64.6 cm³/mol. The van der Waals surface area contributed by atoms with Gasteiger partial charge in [0.05, 0.1) is 6.42 Å². The van der Waals surface area contributed by atoms with Crippen molar-refractivity contribution >= 4 is 5.78 Å². The molecule has 0 aliphatic rings. The van der Waals surface area contributed by atoms with E-state index in [9.17, 15) is 4.79 Å². The first-order valence-electron chi connectivity index (χ1n) is 5.70. The molecule has 88 valence electrons. The first-order valence-corrected chi connectivity index (χ1v) is 5.70. The van der Waals surface area contributed by atoms with E-state index in [1.165, 1.54) is 0 Å². The van der Waals surface area contributed by atoms with E-state index in [1.54, 1.807) is 18.6 Å². The molecule has 0 atom stereocenters. The summed E-state index contributed by atoms with van der Waals surface area (Å²) in [5.74, 6) is 1.00. The lowest BCUT2D eigenvalue weighted by Crippen LogP contribution is -2.11. The minimum atomic E-state index is 0.166. The number of hydrogen-bond acceptors (Lipinski definition) is 3. The van der Waals surface area contributed by atoms with Gasteiger partial charge in [-0.25, -0.2) is 4.98 Å². The molecule has 0 N–H and O–H groups in total. The lowest BCUT2D eigenvalue weighted by molar-refractivity contribution is -0.117. The molecule has 0 fully saturated rings. The highest BCUT2D eigenvalue weighted by Gasteiger charge is 2.09. The quantitative estimate of drug-likeness (QED) is 0.783. The molecule has 0 bridgehead atoms. The van der Waals surface area contributed by atoms with E-state index in [0.29, 0.717) is 12.8 Å². The summed E-state index contributed by atoms with van der Waals surface area (Å²) < 4.78 is 1.99. The fourth-order valence-electron chi connectivity index (χ4n) is 1.76. The van der Waals surface area contributed by atoms with E-state index in [0.717, 1.165) is 17.9 Å². The standard InChI is InChI=1S/C13H15N3O/c1-2-16-7-6-15-13(16)9-12(17)8-11-4-3-5-14-10-11/h3-7,10H,2,8-9H2,1H3. The van der Waals surface area contributed by atoms with Crippen molar-refractivity contribution in [3.05, 3.63) is 48.3 Å². The third-order valence-electron chi connectivity index (χ3n) is 2.62. The number of carbonyl (C=O) groups excluding carboxylic acids is 1. The highest BCUT2D eigenvalue weighted by atomic mass is 16.1. The molecule has 2 aromatic rings. The second-order valence-electron chi connectivity index (χ2n) is 3.88. The van der Waals surface area contributed by atoms with Crippen LogP contribution < -0.4 is 0 Å². The second-order valence-corrected chi connectivity index (χ2v) is 3.88. The molecule has 0 aliphatic heterocycles. The lowest BCUT2D eigenvalue weighted by Gasteiger charge is -2.04. The number of aromatic nitrogens is 3. The Balaban J connectivity index is 1.98. The van der Waals surface area contributed by atoms with Gasteiger partial charge in [0.2, 0.25) is 0 Å². The molecule has 4 heteroatoms. The molecule has 0 radical (unpaired) electrons. The van der Waals surface area contributed by atoms with Gasteiger partial charge >= 0.3 is 0 Å². The van der Waals surface area contributed by atoms with Crippen LogP contribution in [0, 0.1) is 0 Å². The fourth-order valence-corrected chi connectivity index (χ4v) is 1.76. The smallest absolute Gasteiger partial charge is 0.144 e. The average molecular weight is 229 g/mol. The number of nitrogens with zero attached hydrogens (tertiary/aromatic N) is 3. The van der Waals surface area contributed by atoms with Gasteiger partial charge in [-0.3, -0.25) is 9.78 Å². The molecule has 0 spiro atoms. The number of carbonyl (C=O) groups is 1. The van der Waals surface area contributed by atoms with Gasteiger partial charge in [0, 0.05) is 37.8 Å². The molecule has 2 heterocycles. The van der Waals surface area contributed by atoms with Crippen molar-refractivity contribution in [2.45, 2.75) is 26.3 Å². The first kappa shape index (κ1) is 11.5. The van der Waals surface area contributed by atoms with E-state index in [1.807, 2.05) is 29.8 Å². The van der Waals surface area contributed by atoms with Crippen molar-refractivity contribution in [1.29, 1.82) is 0 Å². The molecule has 2 rings (SSSR count). The van der Waals surface area contributed by atoms with Crippen LogP contribution in [0.2, 0.25) is 0 Å². The highest BCUT2D eigenvalue weighted by molar-refractivity contribution is 5.82.